The van der Waals surface area contributed by atoms with Crippen LogP contribution in [0.4, 0.5) is 5.82 Å². The molecule has 1 N–H and O–H groups in total. The molecule has 0 aromatic carbocycles. The molecule has 0 atom stereocenters. The molecule has 5 heteroatoms. The molecule has 1 saturated carbocycles. The maximum absolute atomic E-state index is 5.80. The van der Waals surface area contributed by atoms with Crippen molar-refractivity contribution in [2.75, 3.05) is 32.6 Å². The van der Waals surface area contributed by atoms with Gasteiger partial charge in [-0.2, -0.15) is 4.98 Å². The molecule has 0 unspecified atom stereocenters. The van der Waals surface area contributed by atoms with Crippen molar-refractivity contribution in [3.05, 3.63) is 11.9 Å². The van der Waals surface area contributed by atoms with Crippen LogP contribution < -0.4 is 10.1 Å². The van der Waals surface area contributed by atoms with Gasteiger partial charge in [0.05, 0.1) is 0 Å². The molecule has 1 heterocycles. The molecule has 0 saturated heterocycles. The summed E-state index contributed by atoms with van der Waals surface area (Å²) in [5, 5.41) is 3.07. The summed E-state index contributed by atoms with van der Waals surface area (Å²) in [7, 11) is 4.01. The molecule has 5 nitrogen and oxygen atoms in total. The number of aromatic nitrogens is 2. The average Bonchev–Trinajstić information content (AvgIpc) is 3.21. The Morgan fingerprint density at radius 2 is 2.05 bits per heavy atom. The van der Waals surface area contributed by atoms with E-state index in [1.54, 1.807) is 0 Å². The summed E-state index contributed by atoms with van der Waals surface area (Å²) in [6, 6.07) is 2.62. The van der Waals surface area contributed by atoms with Gasteiger partial charge in [-0.15, -0.1) is 0 Å². The van der Waals surface area contributed by atoms with Crippen molar-refractivity contribution in [3.8, 4) is 5.88 Å². The van der Waals surface area contributed by atoms with Crippen LogP contribution >= 0.6 is 0 Å². The number of likely N-dealkylation sites (N-methyl/N-ethyl adjacent to an activating group) is 1. The Labute approximate surface area is 121 Å². The van der Waals surface area contributed by atoms with Crippen molar-refractivity contribution in [1.82, 2.24) is 14.9 Å². The van der Waals surface area contributed by atoms with Crippen molar-refractivity contribution >= 4 is 5.82 Å². The third kappa shape index (κ3) is 4.07. The first-order valence-electron chi connectivity index (χ1n) is 7.30. The zero-order chi connectivity index (χ0) is 14.8. The second-order valence-electron chi connectivity index (χ2n) is 6.48. The van der Waals surface area contributed by atoms with Crippen LogP contribution in [0, 0.1) is 0 Å². The van der Waals surface area contributed by atoms with E-state index in [2.05, 4.69) is 48.0 Å². The Hall–Kier alpha value is -1.36. The van der Waals surface area contributed by atoms with E-state index in [0.717, 1.165) is 24.2 Å². The fourth-order valence-electron chi connectivity index (χ4n) is 1.95. The number of nitrogens with one attached hydrogen (secondary N) is 1. The molecule has 1 aromatic rings. The van der Waals surface area contributed by atoms with Crippen molar-refractivity contribution < 1.29 is 4.74 Å². The van der Waals surface area contributed by atoms with Crippen molar-refractivity contribution in [2.24, 2.45) is 0 Å². The summed E-state index contributed by atoms with van der Waals surface area (Å²) in [4.78, 5) is 11.4. The van der Waals surface area contributed by atoms with Gasteiger partial charge in [0.2, 0.25) is 5.88 Å². The van der Waals surface area contributed by atoms with Crippen LogP contribution in [-0.4, -0.2) is 48.2 Å². The third-order valence-electron chi connectivity index (χ3n) is 3.49. The van der Waals surface area contributed by atoms with Crippen LogP contribution in [-0.2, 0) is 5.41 Å². The van der Waals surface area contributed by atoms with E-state index in [1.807, 2.05) is 13.1 Å². The molecule has 0 aliphatic heterocycles. The lowest BCUT2D eigenvalue weighted by Crippen LogP contribution is -2.26. The van der Waals surface area contributed by atoms with Gasteiger partial charge in [-0.3, -0.25) is 0 Å². The number of anilines is 1. The van der Waals surface area contributed by atoms with Gasteiger partial charge in [-0.05, 0) is 19.9 Å². The highest BCUT2D eigenvalue weighted by atomic mass is 16.5. The van der Waals surface area contributed by atoms with E-state index in [-0.39, 0.29) is 5.41 Å². The maximum Gasteiger partial charge on any atom is 0.218 e. The predicted octanol–water partition coefficient (Wildman–Crippen LogP) is 2.29. The predicted molar refractivity (Wildman–Crippen MR) is 81.4 cm³/mol. The lowest BCUT2D eigenvalue weighted by molar-refractivity contribution is 0.225. The second kappa shape index (κ2) is 5.95. The van der Waals surface area contributed by atoms with E-state index in [9.17, 15) is 0 Å². The highest BCUT2D eigenvalue weighted by Crippen LogP contribution is 2.25. The van der Waals surface area contributed by atoms with Gasteiger partial charge in [0.1, 0.15) is 18.2 Å². The van der Waals surface area contributed by atoms with Crippen LogP contribution in [0.1, 0.15) is 39.4 Å². The standard InChI is InChI=1S/C15H26N4O/c1-15(2,3)14-17-12(16-4)10-13(18-14)20-9-8-19(5)11-6-7-11/h10-11H,6-9H2,1-5H3,(H,16,17,18). The number of rotatable bonds is 6. The van der Waals surface area contributed by atoms with E-state index < -0.39 is 0 Å². The van der Waals surface area contributed by atoms with Crippen LogP contribution in [0.3, 0.4) is 0 Å². The Bertz CT molecular complexity index is 452. The Morgan fingerprint density at radius 3 is 2.60 bits per heavy atom. The highest BCUT2D eigenvalue weighted by molar-refractivity contribution is 5.38. The van der Waals surface area contributed by atoms with Gasteiger partial charge >= 0.3 is 0 Å². The van der Waals surface area contributed by atoms with Crippen LogP contribution in [0.25, 0.3) is 0 Å². The SMILES string of the molecule is CNc1cc(OCCN(C)C2CC2)nc(C(C)(C)C)n1. The molecule has 20 heavy (non-hydrogen) atoms. The van der Waals surface area contributed by atoms with E-state index in [4.69, 9.17) is 4.74 Å². The van der Waals surface area contributed by atoms with Crippen molar-refractivity contribution in [3.63, 3.8) is 0 Å². The van der Waals surface area contributed by atoms with Gasteiger partial charge in [0, 0.05) is 31.1 Å². The summed E-state index contributed by atoms with van der Waals surface area (Å²) >= 11 is 0. The molecule has 1 fully saturated rings. The topological polar surface area (TPSA) is 50.3 Å². The number of hydrogen-bond donors (Lipinski definition) is 1. The zero-order valence-corrected chi connectivity index (χ0v) is 13.2. The van der Waals surface area contributed by atoms with Gasteiger partial charge in [-0.25, -0.2) is 4.98 Å². The van der Waals surface area contributed by atoms with Gasteiger partial charge in [0.25, 0.3) is 0 Å². The van der Waals surface area contributed by atoms with E-state index in [1.165, 1.54) is 12.8 Å². The normalized spacial score (nSPS) is 15.5. The first-order chi connectivity index (χ1) is 9.40. The van der Waals surface area contributed by atoms with Crippen LogP contribution in [0.5, 0.6) is 5.88 Å². The molecule has 1 aliphatic carbocycles. The van der Waals surface area contributed by atoms with Crippen molar-refractivity contribution in [2.45, 2.75) is 45.1 Å². The molecule has 0 amide bonds. The summed E-state index contributed by atoms with van der Waals surface area (Å²) < 4.78 is 5.80. The third-order valence-corrected chi connectivity index (χ3v) is 3.49. The lowest BCUT2D eigenvalue weighted by Gasteiger charge is -2.19. The number of ether oxygens (including phenoxy) is 1. The first-order valence-corrected chi connectivity index (χ1v) is 7.30. The molecule has 1 aliphatic rings. The number of nitrogens with zero attached hydrogens (tertiary/aromatic N) is 3. The number of hydrogen-bond acceptors (Lipinski definition) is 5. The molecule has 0 radical (unpaired) electrons. The molecular weight excluding hydrogens is 252 g/mol. The van der Waals surface area contributed by atoms with Gasteiger partial charge in [-0.1, -0.05) is 20.8 Å². The Kier molecular flexibility index (Phi) is 4.48. The molecule has 0 bridgehead atoms. The lowest BCUT2D eigenvalue weighted by atomic mass is 9.96. The Morgan fingerprint density at radius 1 is 1.35 bits per heavy atom. The quantitative estimate of drug-likeness (QED) is 0.865. The summed E-state index contributed by atoms with van der Waals surface area (Å²) in [6.07, 6.45) is 2.64. The van der Waals surface area contributed by atoms with Crippen LogP contribution in [0.2, 0.25) is 0 Å². The fourth-order valence-corrected chi connectivity index (χ4v) is 1.95. The smallest absolute Gasteiger partial charge is 0.218 e. The molecule has 1 aromatic heterocycles. The molecule has 112 valence electrons. The second-order valence-corrected chi connectivity index (χ2v) is 6.48. The average molecular weight is 278 g/mol. The highest BCUT2D eigenvalue weighted by Gasteiger charge is 2.25. The minimum atomic E-state index is -0.0875. The molecule has 2 rings (SSSR count). The monoisotopic (exact) mass is 278 g/mol. The maximum atomic E-state index is 5.80. The van der Waals surface area contributed by atoms with E-state index >= 15 is 0 Å². The summed E-state index contributed by atoms with van der Waals surface area (Å²) in [5.74, 6) is 2.25. The molecular formula is C15H26N4O. The van der Waals surface area contributed by atoms with Gasteiger partial charge < -0.3 is 15.0 Å². The zero-order valence-electron chi connectivity index (χ0n) is 13.2. The minimum absolute atomic E-state index is 0.0875. The largest absolute Gasteiger partial charge is 0.476 e. The first kappa shape index (κ1) is 15.0. The minimum Gasteiger partial charge on any atom is -0.476 e. The van der Waals surface area contributed by atoms with E-state index in [0.29, 0.717) is 12.5 Å². The Balaban J connectivity index is 1.98. The van der Waals surface area contributed by atoms with Crippen molar-refractivity contribution in [1.29, 1.82) is 0 Å². The van der Waals surface area contributed by atoms with Crippen LogP contribution in [0.15, 0.2) is 6.07 Å². The summed E-state index contributed by atoms with van der Waals surface area (Å²) in [5.41, 5.74) is -0.0875. The fraction of sp³-hybridized carbons (Fsp3) is 0.733. The summed E-state index contributed by atoms with van der Waals surface area (Å²) in [6.45, 7) is 7.91. The van der Waals surface area contributed by atoms with Gasteiger partial charge in [0.15, 0.2) is 0 Å². The molecule has 0 spiro atoms.